The van der Waals surface area contributed by atoms with Gasteiger partial charge >= 0.3 is 6.03 Å². The number of hydrogen-bond acceptors (Lipinski definition) is 3. The zero-order chi connectivity index (χ0) is 20.1. The van der Waals surface area contributed by atoms with Gasteiger partial charge in [0.2, 0.25) is 0 Å². The van der Waals surface area contributed by atoms with Crippen LogP contribution >= 0.6 is 11.6 Å². The molecule has 0 aromatic heterocycles. The summed E-state index contributed by atoms with van der Waals surface area (Å²) in [6.07, 6.45) is 0.246. The smallest absolute Gasteiger partial charge is 0.318 e. The minimum Gasteiger partial charge on any atom is -0.390 e. The summed E-state index contributed by atoms with van der Waals surface area (Å²) in [5, 5.41) is 7.65. The Morgan fingerprint density at radius 1 is 1.32 bits per heavy atom. The molecule has 0 bridgehead atoms. The van der Waals surface area contributed by atoms with Gasteiger partial charge in [0.15, 0.2) is 6.10 Å². The number of carbonyl (C=O) groups excluding carboxylic acids is 1. The summed E-state index contributed by atoms with van der Waals surface area (Å²) in [4.78, 5) is 19.8. The van der Waals surface area contributed by atoms with Crippen molar-refractivity contribution in [3.05, 3.63) is 70.5 Å². The topological polar surface area (TPSA) is 53.9 Å². The van der Waals surface area contributed by atoms with E-state index in [2.05, 4.69) is 10.5 Å². The highest BCUT2D eigenvalue weighted by Gasteiger charge is 2.28. The molecule has 1 aliphatic heterocycles. The van der Waals surface area contributed by atoms with Crippen LogP contribution in [0, 0.1) is 5.82 Å². The maximum absolute atomic E-state index is 13.5. The monoisotopic (exact) mass is 403 g/mol. The predicted molar refractivity (Wildman–Crippen MR) is 108 cm³/mol. The van der Waals surface area contributed by atoms with Gasteiger partial charge in [0, 0.05) is 29.6 Å². The minimum atomic E-state index is -0.330. The first kappa shape index (κ1) is 20.1. The number of carbonyl (C=O) groups is 1. The standard InChI is InChI=1S/C21H23ClFN3O2/c1-14(2)24-21(27)26(12-15-6-5-7-16(23)10-15)13-17-11-20(25-28-17)18-8-3-4-9-19(18)22/h3-10,14,17H,11-13H2,1-2H3,(H,24,27). The molecule has 2 aromatic carbocycles. The normalized spacial score (nSPS) is 15.9. The number of benzene rings is 2. The molecule has 148 valence electrons. The minimum absolute atomic E-state index is 0.0121. The second kappa shape index (κ2) is 9.06. The van der Waals surface area contributed by atoms with E-state index in [4.69, 9.17) is 16.4 Å². The number of urea groups is 1. The van der Waals surface area contributed by atoms with E-state index in [1.807, 2.05) is 32.0 Å². The van der Waals surface area contributed by atoms with Crippen LogP contribution in [0.1, 0.15) is 31.4 Å². The molecule has 0 spiro atoms. The summed E-state index contributed by atoms with van der Waals surface area (Å²) in [7, 11) is 0. The molecule has 0 saturated heterocycles. The first-order valence-corrected chi connectivity index (χ1v) is 9.57. The molecule has 2 amide bonds. The van der Waals surface area contributed by atoms with E-state index in [0.29, 0.717) is 23.6 Å². The summed E-state index contributed by atoms with van der Waals surface area (Å²) in [6.45, 7) is 4.38. The van der Waals surface area contributed by atoms with Gasteiger partial charge in [-0.3, -0.25) is 0 Å². The van der Waals surface area contributed by atoms with Crippen molar-refractivity contribution in [2.45, 2.75) is 39.0 Å². The van der Waals surface area contributed by atoms with Crippen molar-refractivity contribution in [2.75, 3.05) is 6.54 Å². The highest BCUT2D eigenvalue weighted by Crippen LogP contribution is 2.23. The fourth-order valence-corrected chi connectivity index (χ4v) is 3.28. The van der Waals surface area contributed by atoms with Crippen LogP contribution in [-0.2, 0) is 11.4 Å². The summed E-state index contributed by atoms with van der Waals surface area (Å²) < 4.78 is 13.5. The lowest BCUT2D eigenvalue weighted by Gasteiger charge is -2.26. The van der Waals surface area contributed by atoms with Crippen molar-refractivity contribution in [3.8, 4) is 0 Å². The van der Waals surface area contributed by atoms with Crippen molar-refractivity contribution in [1.29, 1.82) is 0 Å². The second-order valence-corrected chi connectivity index (χ2v) is 7.47. The summed E-state index contributed by atoms with van der Waals surface area (Å²) in [5.74, 6) is -0.330. The molecule has 3 rings (SSSR count). The van der Waals surface area contributed by atoms with Gasteiger partial charge in [0.1, 0.15) is 5.82 Å². The molecule has 0 fully saturated rings. The molecule has 28 heavy (non-hydrogen) atoms. The number of nitrogens with zero attached hydrogens (tertiary/aromatic N) is 2. The Balaban J connectivity index is 1.69. The summed E-state index contributed by atoms with van der Waals surface area (Å²) in [6, 6.07) is 13.4. The van der Waals surface area contributed by atoms with Crippen molar-refractivity contribution in [2.24, 2.45) is 5.16 Å². The Morgan fingerprint density at radius 3 is 2.82 bits per heavy atom. The molecule has 1 heterocycles. The average Bonchev–Trinajstić information content (AvgIpc) is 3.09. The van der Waals surface area contributed by atoms with Crippen molar-refractivity contribution in [3.63, 3.8) is 0 Å². The van der Waals surface area contributed by atoms with Crippen LogP contribution in [0.4, 0.5) is 9.18 Å². The van der Waals surface area contributed by atoms with Gasteiger partial charge in [-0.15, -0.1) is 0 Å². The number of amides is 2. The number of oxime groups is 1. The SMILES string of the molecule is CC(C)NC(=O)N(Cc1cccc(F)c1)CC1CC(c2ccccc2Cl)=NO1. The Labute approximate surface area is 169 Å². The number of hydrogen-bond donors (Lipinski definition) is 1. The summed E-state index contributed by atoms with van der Waals surface area (Å²) >= 11 is 6.24. The predicted octanol–water partition coefficient (Wildman–Crippen LogP) is 4.59. The van der Waals surface area contributed by atoms with Crippen LogP contribution < -0.4 is 5.32 Å². The van der Waals surface area contributed by atoms with Crippen molar-refractivity contribution >= 4 is 23.3 Å². The van der Waals surface area contributed by atoms with Gasteiger partial charge in [-0.05, 0) is 37.6 Å². The zero-order valence-electron chi connectivity index (χ0n) is 15.9. The van der Waals surface area contributed by atoms with Crippen molar-refractivity contribution < 1.29 is 14.0 Å². The lowest BCUT2D eigenvalue weighted by Crippen LogP contribution is -2.45. The molecule has 0 radical (unpaired) electrons. The lowest BCUT2D eigenvalue weighted by molar-refractivity contribution is 0.0586. The highest BCUT2D eigenvalue weighted by molar-refractivity contribution is 6.34. The van der Waals surface area contributed by atoms with Crippen LogP contribution in [0.15, 0.2) is 53.7 Å². The van der Waals surface area contributed by atoms with E-state index < -0.39 is 0 Å². The molecule has 7 heteroatoms. The first-order valence-electron chi connectivity index (χ1n) is 9.20. The fourth-order valence-electron chi connectivity index (χ4n) is 3.04. The third-order valence-electron chi connectivity index (χ3n) is 4.30. The molecule has 5 nitrogen and oxygen atoms in total. The van der Waals surface area contributed by atoms with E-state index in [1.165, 1.54) is 12.1 Å². The largest absolute Gasteiger partial charge is 0.390 e. The Hall–Kier alpha value is -2.60. The van der Waals surface area contributed by atoms with E-state index in [9.17, 15) is 9.18 Å². The molecule has 1 atom stereocenters. The first-order chi connectivity index (χ1) is 13.4. The Bertz CT molecular complexity index is 872. The maximum Gasteiger partial charge on any atom is 0.318 e. The number of nitrogens with one attached hydrogen (secondary N) is 1. The highest BCUT2D eigenvalue weighted by atomic mass is 35.5. The van der Waals surface area contributed by atoms with Crippen LogP contribution in [0.25, 0.3) is 0 Å². The molecule has 1 aliphatic rings. The van der Waals surface area contributed by atoms with E-state index in [1.54, 1.807) is 23.1 Å². The van der Waals surface area contributed by atoms with E-state index in [0.717, 1.165) is 11.3 Å². The van der Waals surface area contributed by atoms with Gasteiger partial charge < -0.3 is 15.1 Å². The van der Waals surface area contributed by atoms with Crippen LogP contribution in [0.5, 0.6) is 0 Å². The van der Waals surface area contributed by atoms with Gasteiger partial charge in [0.05, 0.1) is 12.3 Å². The fraction of sp³-hybridized carbons (Fsp3) is 0.333. The summed E-state index contributed by atoms with van der Waals surface area (Å²) in [5.41, 5.74) is 2.30. The van der Waals surface area contributed by atoms with E-state index >= 15 is 0 Å². The molecule has 0 aliphatic carbocycles. The lowest BCUT2D eigenvalue weighted by atomic mass is 10.0. The molecule has 0 saturated carbocycles. The van der Waals surface area contributed by atoms with Gasteiger partial charge in [0.25, 0.3) is 0 Å². The van der Waals surface area contributed by atoms with Gasteiger partial charge in [-0.2, -0.15) is 0 Å². The molecular formula is C21H23ClFN3O2. The molecular weight excluding hydrogens is 381 g/mol. The van der Waals surface area contributed by atoms with Gasteiger partial charge in [-0.1, -0.05) is 47.1 Å². The zero-order valence-corrected chi connectivity index (χ0v) is 16.6. The molecule has 2 aromatic rings. The van der Waals surface area contributed by atoms with Crippen LogP contribution in [0.3, 0.4) is 0 Å². The molecule has 1 unspecified atom stereocenters. The van der Waals surface area contributed by atoms with E-state index in [-0.39, 0.29) is 30.5 Å². The Kier molecular flexibility index (Phi) is 6.52. The van der Waals surface area contributed by atoms with Crippen LogP contribution in [-0.4, -0.2) is 35.3 Å². The molecule has 1 N–H and O–H groups in total. The number of halogens is 2. The van der Waals surface area contributed by atoms with Gasteiger partial charge in [-0.25, -0.2) is 9.18 Å². The third-order valence-corrected chi connectivity index (χ3v) is 4.63. The quantitative estimate of drug-likeness (QED) is 0.766. The maximum atomic E-state index is 13.5. The third kappa shape index (κ3) is 5.23. The van der Waals surface area contributed by atoms with Crippen molar-refractivity contribution in [1.82, 2.24) is 10.2 Å². The van der Waals surface area contributed by atoms with Crippen LogP contribution in [0.2, 0.25) is 5.02 Å². The second-order valence-electron chi connectivity index (χ2n) is 7.06. The Morgan fingerprint density at radius 2 is 2.11 bits per heavy atom. The average molecular weight is 404 g/mol. The number of rotatable bonds is 6.